The first-order valence-corrected chi connectivity index (χ1v) is 5.79. The van der Waals surface area contributed by atoms with Gasteiger partial charge in [-0.15, -0.1) is 0 Å². The van der Waals surface area contributed by atoms with Crippen LogP contribution in [0.5, 0.6) is 11.5 Å². The van der Waals surface area contributed by atoms with Crippen molar-refractivity contribution in [3.8, 4) is 11.5 Å². The highest BCUT2D eigenvalue weighted by atomic mass is 16.5. The molecule has 1 aromatic carbocycles. The van der Waals surface area contributed by atoms with Crippen LogP contribution in [0.25, 0.3) is 0 Å². The molecule has 0 radical (unpaired) electrons. The summed E-state index contributed by atoms with van der Waals surface area (Å²) in [5.74, 6) is 2.48. The van der Waals surface area contributed by atoms with Crippen LogP contribution in [0.15, 0.2) is 18.2 Å². The number of rotatable bonds is 1. The van der Waals surface area contributed by atoms with E-state index in [1.807, 2.05) is 12.1 Å². The van der Waals surface area contributed by atoms with Crippen molar-refractivity contribution in [2.45, 2.75) is 24.8 Å². The minimum Gasteiger partial charge on any atom is -0.497 e. The highest BCUT2D eigenvalue weighted by molar-refractivity contribution is 5.46. The number of benzene rings is 1. The van der Waals surface area contributed by atoms with E-state index in [0.29, 0.717) is 5.92 Å². The molecule has 2 heterocycles. The first-order chi connectivity index (χ1) is 7.73. The average molecular weight is 219 g/mol. The van der Waals surface area contributed by atoms with Gasteiger partial charge in [0.25, 0.3) is 0 Å². The van der Waals surface area contributed by atoms with Gasteiger partial charge in [0.2, 0.25) is 0 Å². The van der Waals surface area contributed by atoms with Crippen LogP contribution in [-0.4, -0.2) is 25.8 Å². The number of hydrogen-bond acceptors (Lipinski definition) is 3. The molecule has 0 unspecified atom stereocenters. The molecule has 0 saturated carbocycles. The van der Waals surface area contributed by atoms with Crippen LogP contribution in [0.3, 0.4) is 0 Å². The number of fused-ring (bicyclic) bond motifs is 3. The van der Waals surface area contributed by atoms with Crippen LogP contribution >= 0.6 is 0 Å². The summed E-state index contributed by atoms with van der Waals surface area (Å²) in [6.45, 7) is 4.07. The molecular weight excluding hydrogens is 202 g/mol. The summed E-state index contributed by atoms with van der Waals surface area (Å²) >= 11 is 0. The third-order valence-electron chi connectivity index (χ3n) is 3.85. The zero-order chi connectivity index (χ0) is 11.2. The smallest absolute Gasteiger partial charge is 0.123 e. The molecule has 2 aliphatic heterocycles. The van der Waals surface area contributed by atoms with Crippen LogP contribution in [0.1, 0.15) is 24.8 Å². The zero-order valence-electron chi connectivity index (χ0n) is 9.75. The van der Waals surface area contributed by atoms with Crippen molar-refractivity contribution in [2.24, 2.45) is 0 Å². The van der Waals surface area contributed by atoms with Gasteiger partial charge < -0.3 is 14.8 Å². The van der Waals surface area contributed by atoms with E-state index < -0.39 is 0 Å². The molecule has 1 saturated heterocycles. The number of nitrogens with one attached hydrogen (secondary N) is 1. The van der Waals surface area contributed by atoms with Gasteiger partial charge >= 0.3 is 0 Å². The predicted octanol–water partition coefficient (Wildman–Crippen LogP) is 1.92. The van der Waals surface area contributed by atoms with Gasteiger partial charge in [0, 0.05) is 11.5 Å². The van der Waals surface area contributed by atoms with Gasteiger partial charge in [0.1, 0.15) is 18.1 Å². The maximum absolute atomic E-state index is 5.82. The molecule has 86 valence electrons. The molecule has 16 heavy (non-hydrogen) atoms. The third kappa shape index (κ3) is 1.31. The van der Waals surface area contributed by atoms with E-state index in [1.54, 1.807) is 7.11 Å². The Labute approximate surface area is 95.8 Å². The van der Waals surface area contributed by atoms with E-state index in [1.165, 1.54) is 12.0 Å². The fraction of sp³-hybridized carbons (Fsp3) is 0.538. The quantitative estimate of drug-likeness (QED) is 0.782. The van der Waals surface area contributed by atoms with Gasteiger partial charge in [0.05, 0.1) is 12.6 Å². The second kappa shape index (κ2) is 3.39. The molecule has 3 nitrogen and oxygen atoms in total. The summed E-state index contributed by atoms with van der Waals surface area (Å²) in [6, 6.07) is 6.10. The Bertz CT molecular complexity index is 418. The Morgan fingerprint density at radius 1 is 1.50 bits per heavy atom. The Morgan fingerprint density at radius 3 is 3.19 bits per heavy atom. The van der Waals surface area contributed by atoms with Gasteiger partial charge in [-0.2, -0.15) is 0 Å². The number of methoxy groups -OCH3 is 1. The topological polar surface area (TPSA) is 30.5 Å². The van der Waals surface area contributed by atoms with Crippen LogP contribution in [0.4, 0.5) is 0 Å². The van der Waals surface area contributed by atoms with E-state index >= 15 is 0 Å². The summed E-state index contributed by atoms with van der Waals surface area (Å²) in [4.78, 5) is 0. The SMILES string of the molecule is COc1ccc2c(c1)[C@@H]1CCN[C@]1(C)CO2. The lowest BCUT2D eigenvalue weighted by molar-refractivity contribution is 0.170. The van der Waals surface area contributed by atoms with E-state index in [0.717, 1.165) is 24.7 Å². The van der Waals surface area contributed by atoms with Gasteiger partial charge in [-0.3, -0.25) is 0 Å². The van der Waals surface area contributed by atoms with Crippen molar-refractivity contribution in [3.63, 3.8) is 0 Å². The molecule has 3 heteroatoms. The van der Waals surface area contributed by atoms with E-state index in [9.17, 15) is 0 Å². The fourth-order valence-corrected chi connectivity index (χ4v) is 2.88. The lowest BCUT2D eigenvalue weighted by atomic mass is 9.80. The molecule has 2 aliphatic rings. The number of ether oxygens (including phenoxy) is 2. The molecule has 1 aromatic rings. The Hall–Kier alpha value is -1.22. The van der Waals surface area contributed by atoms with Crippen molar-refractivity contribution < 1.29 is 9.47 Å². The Morgan fingerprint density at radius 2 is 2.38 bits per heavy atom. The lowest BCUT2D eigenvalue weighted by Gasteiger charge is -2.37. The average Bonchev–Trinajstić information content (AvgIpc) is 2.70. The fourth-order valence-electron chi connectivity index (χ4n) is 2.88. The second-order valence-electron chi connectivity index (χ2n) is 4.88. The molecule has 0 aliphatic carbocycles. The lowest BCUT2D eigenvalue weighted by Crippen LogP contribution is -2.48. The van der Waals surface area contributed by atoms with E-state index in [-0.39, 0.29) is 5.54 Å². The van der Waals surface area contributed by atoms with Gasteiger partial charge in [-0.25, -0.2) is 0 Å². The van der Waals surface area contributed by atoms with Crippen LogP contribution in [-0.2, 0) is 0 Å². The summed E-state index contributed by atoms with van der Waals surface area (Å²) in [6.07, 6.45) is 1.18. The molecular formula is C13H17NO2. The first kappa shape index (κ1) is 9.97. The molecule has 0 aromatic heterocycles. The Balaban J connectivity index is 2.07. The monoisotopic (exact) mass is 219 g/mol. The highest BCUT2D eigenvalue weighted by Crippen LogP contribution is 2.45. The van der Waals surface area contributed by atoms with Crippen LogP contribution < -0.4 is 14.8 Å². The number of hydrogen-bond donors (Lipinski definition) is 1. The summed E-state index contributed by atoms with van der Waals surface area (Å²) in [7, 11) is 1.71. The van der Waals surface area contributed by atoms with Crippen molar-refractivity contribution in [2.75, 3.05) is 20.3 Å². The zero-order valence-corrected chi connectivity index (χ0v) is 9.75. The molecule has 0 spiro atoms. The molecule has 2 atom stereocenters. The van der Waals surface area contributed by atoms with Crippen molar-refractivity contribution in [3.05, 3.63) is 23.8 Å². The predicted molar refractivity (Wildman–Crippen MR) is 62.3 cm³/mol. The van der Waals surface area contributed by atoms with E-state index in [4.69, 9.17) is 9.47 Å². The summed E-state index contributed by atoms with van der Waals surface area (Å²) < 4.78 is 11.1. The second-order valence-corrected chi connectivity index (χ2v) is 4.88. The minimum atomic E-state index is 0.0966. The van der Waals surface area contributed by atoms with Gasteiger partial charge in [0.15, 0.2) is 0 Å². The van der Waals surface area contributed by atoms with Crippen LogP contribution in [0.2, 0.25) is 0 Å². The van der Waals surface area contributed by atoms with Crippen molar-refractivity contribution in [1.29, 1.82) is 0 Å². The largest absolute Gasteiger partial charge is 0.497 e. The van der Waals surface area contributed by atoms with E-state index in [2.05, 4.69) is 18.3 Å². The third-order valence-corrected chi connectivity index (χ3v) is 3.85. The summed E-state index contributed by atoms with van der Waals surface area (Å²) in [5, 5.41) is 3.55. The maximum Gasteiger partial charge on any atom is 0.123 e. The van der Waals surface area contributed by atoms with Crippen LogP contribution in [0, 0.1) is 0 Å². The standard InChI is InChI=1S/C13H17NO2/c1-13-8-16-12-4-3-9(15-2)7-10(12)11(13)5-6-14-13/h3-4,7,11,14H,5-6,8H2,1-2H3/t11-,13+/m0/s1. The minimum absolute atomic E-state index is 0.0966. The maximum atomic E-state index is 5.82. The molecule has 0 bridgehead atoms. The first-order valence-electron chi connectivity index (χ1n) is 5.79. The highest BCUT2D eigenvalue weighted by Gasteiger charge is 2.44. The van der Waals surface area contributed by atoms with Gasteiger partial charge in [-0.1, -0.05) is 0 Å². The molecule has 0 amide bonds. The molecule has 3 rings (SSSR count). The van der Waals surface area contributed by atoms with Gasteiger partial charge in [-0.05, 0) is 38.1 Å². The Kier molecular flexibility index (Phi) is 2.11. The normalized spacial score (nSPS) is 31.5. The molecule has 1 fully saturated rings. The van der Waals surface area contributed by atoms with Crippen molar-refractivity contribution in [1.82, 2.24) is 5.32 Å². The summed E-state index contributed by atoms with van der Waals surface area (Å²) in [5.41, 5.74) is 1.39. The van der Waals surface area contributed by atoms with Crippen molar-refractivity contribution >= 4 is 0 Å². The molecule has 1 N–H and O–H groups in total.